The molecule has 1 heterocycles. The van der Waals surface area contributed by atoms with E-state index in [-0.39, 0.29) is 5.91 Å². The predicted octanol–water partition coefficient (Wildman–Crippen LogP) is 1.02. The summed E-state index contributed by atoms with van der Waals surface area (Å²) in [5.41, 5.74) is 1.11. The normalized spacial score (nSPS) is 10.6. The van der Waals surface area contributed by atoms with Gasteiger partial charge in [0.1, 0.15) is 5.76 Å². The van der Waals surface area contributed by atoms with E-state index in [1.54, 1.807) is 13.4 Å². The molecule has 0 saturated heterocycles. The molecule has 1 aromatic heterocycles. The van der Waals surface area contributed by atoms with Gasteiger partial charge in [0.05, 0.1) is 26.0 Å². The molecule has 0 spiro atoms. The Kier molecular flexibility index (Phi) is 6.67. The predicted molar refractivity (Wildman–Crippen MR) is 82.9 cm³/mol. The van der Waals surface area contributed by atoms with Gasteiger partial charge in [0.15, 0.2) is 6.54 Å². The van der Waals surface area contributed by atoms with Crippen LogP contribution in [0.2, 0.25) is 0 Å². The van der Waals surface area contributed by atoms with Crippen molar-refractivity contribution in [3.63, 3.8) is 0 Å². The highest BCUT2D eigenvalue weighted by atomic mass is 16.5. The van der Waals surface area contributed by atoms with Crippen molar-refractivity contribution in [3.8, 4) is 0 Å². The molecule has 118 valence electrons. The van der Waals surface area contributed by atoms with Crippen molar-refractivity contribution < 1.29 is 19.3 Å². The van der Waals surface area contributed by atoms with Crippen molar-refractivity contribution in [3.05, 3.63) is 60.1 Å². The SMILES string of the molecule is COCC[NH2+]CC(=O)N(Cc1ccccc1)Cc1ccco1. The summed E-state index contributed by atoms with van der Waals surface area (Å²) < 4.78 is 10.4. The van der Waals surface area contributed by atoms with E-state index in [1.807, 2.05) is 52.7 Å². The van der Waals surface area contributed by atoms with Crippen LogP contribution in [0.15, 0.2) is 53.1 Å². The molecule has 0 aliphatic carbocycles. The maximum Gasteiger partial charge on any atom is 0.278 e. The van der Waals surface area contributed by atoms with Crippen LogP contribution in [0.25, 0.3) is 0 Å². The Labute approximate surface area is 130 Å². The Morgan fingerprint density at radius 3 is 2.68 bits per heavy atom. The van der Waals surface area contributed by atoms with Gasteiger partial charge >= 0.3 is 0 Å². The zero-order valence-electron chi connectivity index (χ0n) is 12.9. The third kappa shape index (κ3) is 5.35. The van der Waals surface area contributed by atoms with Crippen molar-refractivity contribution in [2.75, 3.05) is 26.8 Å². The number of hydrogen-bond acceptors (Lipinski definition) is 3. The zero-order valence-corrected chi connectivity index (χ0v) is 12.9. The zero-order chi connectivity index (χ0) is 15.6. The molecule has 0 aliphatic rings. The van der Waals surface area contributed by atoms with E-state index in [2.05, 4.69) is 0 Å². The van der Waals surface area contributed by atoms with Crippen LogP contribution >= 0.6 is 0 Å². The number of carbonyl (C=O) groups excluding carboxylic acids is 1. The smallest absolute Gasteiger partial charge is 0.278 e. The first kappa shape index (κ1) is 16.3. The number of rotatable bonds is 9. The Morgan fingerprint density at radius 1 is 1.18 bits per heavy atom. The van der Waals surface area contributed by atoms with Crippen LogP contribution in [0.4, 0.5) is 0 Å². The fourth-order valence-electron chi connectivity index (χ4n) is 2.18. The lowest BCUT2D eigenvalue weighted by atomic mass is 10.2. The molecule has 0 aliphatic heterocycles. The lowest BCUT2D eigenvalue weighted by molar-refractivity contribution is -0.646. The summed E-state index contributed by atoms with van der Waals surface area (Å²) >= 11 is 0. The average molecular weight is 303 g/mol. The minimum Gasteiger partial charge on any atom is -0.467 e. The average Bonchev–Trinajstić information content (AvgIpc) is 3.05. The van der Waals surface area contributed by atoms with Gasteiger partial charge in [0, 0.05) is 13.7 Å². The number of nitrogens with two attached hydrogens (primary N) is 1. The van der Waals surface area contributed by atoms with Crippen molar-refractivity contribution in [2.45, 2.75) is 13.1 Å². The van der Waals surface area contributed by atoms with E-state index in [0.717, 1.165) is 17.9 Å². The number of carbonyl (C=O) groups is 1. The highest BCUT2D eigenvalue weighted by Crippen LogP contribution is 2.10. The molecule has 5 nitrogen and oxygen atoms in total. The van der Waals surface area contributed by atoms with Crippen LogP contribution in [0.1, 0.15) is 11.3 Å². The number of nitrogens with zero attached hydrogens (tertiary/aromatic N) is 1. The fraction of sp³-hybridized carbons (Fsp3) is 0.353. The van der Waals surface area contributed by atoms with E-state index >= 15 is 0 Å². The van der Waals surface area contributed by atoms with Crippen LogP contribution < -0.4 is 5.32 Å². The Morgan fingerprint density at radius 2 is 2.00 bits per heavy atom. The number of hydrogen-bond donors (Lipinski definition) is 1. The summed E-state index contributed by atoms with van der Waals surface area (Å²) in [6.07, 6.45) is 1.63. The number of amides is 1. The standard InChI is InChI=1S/C17H22N2O3/c1-21-11-9-18-12-17(20)19(14-16-8-5-10-22-16)13-15-6-3-2-4-7-15/h2-8,10,18H,9,11-14H2,1H3/p+1. The molecule has 1 amide bonds. The minimum absolute atomic E-state index is 0.0938. The first-order valence-electron chi connectivity index (χ1n) is 7.44. The van der Waals surface area contributed by atoms with Gasteiger partial charge in [-0.25, -0.2) is 0 Å². The Bertz CT molecular complexity index is 540. The third-order valence-electron chi connectivity index (χ3n) is 3.34. The lowest BCUT2D eigenvalue weighted by Crippen LogP contribution is -2.87. The van der Waals surface area contributed by atoms with E-state index in [9.17, 15) is 4.79 Å². The highest BCUT2D eigenvalue weighted by Gasteiger charge is 2.17. The van der Waals surface area contributed by atoms with Crippen LogP contribution in [0.3, 0.4) is 0 Å². The summed E-state index contributed by atoms with van der Waals surface area (Å²) in [7, 11) is 1.66. The molecule has 1 aromatic carbocycles. The summed E-state index contributed by atoms with van der Waals surface area (Å²) in [4.78, 5) is 14.3. The number of quaternary nitrogens is 1. The van der Waals surface area contributed by atoms with Gasteiger partial charge in [0.25, 0.3) is 5.91 Å². The van der Waals surface area contributed by atoms with Gasteiger partial charge in [-0.2, -0.15) is 0 Å². The summed E-state index contributed by atoms with van der Waals surface area (Å²) in [6.45, 7) is 2.90. The maximum atomic E-state index is 12.4. The van der Waals surface area contributed by atoms with Gasteiger partial charge in [-0.15, -0.1) is 0 Å². The van der Waals surface area contributed by atoms with E-state index in [0.29, 0.717) is 26.2 Å². The Balaban J connectivity index is 1.96. The molecule has 0 bridgehead atoms. The van der Waals surface area contributed by atoms with Gasteiger partial charge in [-0.05, 0) is 17.7 Å². The molecular formula is C17H23N2O3+. The Hall–Kier alpha value is -2.11. The maximum absolute atomic E-state index is 12.4. The molecule has 2 aromatic rings. The molecule has 22 heavy (non-hydrogen) atoms. The summed E-state index contributed by atoms with van der Waals surface area (Å²) in [5, 5.41) is 1.96. The number of ether oxygens (including phenoxy) is 1. The molecule has 0 saturated carbocycles. The van der Waals surface area contributed by atoms with Crippen molar-refractivity contribution in [2.24, 2.45) is 0 Å². The van der Waals surface area contributed by atoms with E-state index in [1.165, 1.54) is 0 Å². The van der Waals surface area contributed by atoms with Gasteiger partial charge in [-0.3, -0.25) is 4.79 Å². The molecule has 2 N–H and O–H groups in total. The summed E-state index contributed by atoms with van der Waals surface area (Å²) in [5.74, 6) is 0.887. The minimum atomic E-state index is 0.0938. The molecule has 0 radical (unpaired) electrons. The van der Waals surface area contributed by atoms with Crippen LogP contribution in [-0.2, 0) is 22.6 Å². The molecule has 0 unspecified atom stereocenters. The van der Waals surface area contributed by atoms with Gasteiger partial charge in [-0.1, -0.05) is 30.3 Å². The molecule has 0 atom stereocenters. The molecule has 5 heteroatoms. The van der Waals surface area contributed by atoms with Gasteiger partial charge in [0.2, 0.25) is 0 Å². The molecule has 0 fully saturated rings. The third-order valence-corrected chi connectivity index (χ3v) is 3.34. The summed E-state index contributed by atoms with van der Waals surface area (Å²) in [6, 6.07) is 13.7. The first-order valence-corrected chi connectivity index (χ1v) is 7.44. The van der Waals surface area contributed by atoms with Crippen LogP contribution in [-0.4, -0.2) is 37.6 Å². The lowest BCUT2D eigenvalue weighted by Gasteiger charge is -2.21. The highest BCUT2D eigenvalue weighted by molar-refractivity contribution is 5.76. The first-order chi connectivity index (χ1) is 10.8. The number of furan rings is 1. The monoisotopic (exact) mass is 303 g/mol. The van der Waals surface area contributed by atoms with E-state index in [4.69, 9.17) is 9.15 Å². The van der Waals surface area contributed by atoms with Crippen molar-refractivity contribution >= 4 is 5.91 Å². The second-order valence-electron chi connectivity index (χ2n) is 5.09. The topological polar surface area (TPSA) is 59.3 Å². The molecular weight excluding hydrogens is 280 g/mol. The second-order valence-corrected chi connectivity index (χ2v) is 5.09. The van der Waals surface area contributed by atoms with Crippen LogP contribution in [0.5, 0.6) is 0 Å². The quantitative estimate of drug-likeness (QED) is 0.704. The number of methoxy groups -OCH3 is 1. The fourth-order valence-corrected chi connectivity index (χ4v) is 2.18. The largest absolute Gasteiger partial charge is 0.467 e. The van der Waals surface area contributed by atoms with Crippen molar-refractivity contribution in [1.29, 1.82) is 0 Å². The molecule has 2 rings (SSSR count). The van der Waals surface area contributed by atoms with Crippen molar-refractivity contribution in [1.82, 2.24) is 4.90 Å². The second kappa shape index (κ2) is 9.02. The van der Waals surface area contributed by atoms with E-state index < -0.39 is 0 Å². The van der Waals surface area contributed by atoms with Crippen LogP contribution in [0, 0.1) is 0 Å². The van der Waals surface area contributed by atoms with Gasteiger partial charge < -0.3 is 19.4 Å². The number of benzene rings is 1.